The van der Waals surface area contributed by atoms with Crippen LogP contribution in [0.2, 0.25) is 13.1 Å². The molecule has 0 aliphatic heterocycles. The molecule has 201 valence electrons. The smallest absolute Gasteiger partial charge is 0.434 e. The first-order valence-electron chi connectivity index (χ1n) is 11.9. The molecule has 1 heterocycles. The van der Waals surface area contributed by atoms with Gasteiger partial charge in [-0.15, -0.1) is 11.8 Å². The van der Waals surface area contributed by atoms with Crippen molar-refractivity contribution in [2.45, 2.75) is 46.2 Å². The number of nitrogens with zero attached hydrogens (tertiary/aromatic N) is 4. The van der Waals surface area contributed by atoms with Crippen molar-refractivity contribution in [1.29, 1.82) is 0 Å². The van der Waals surface area contributed by atoms with E-state index in [0.29, 0.717) is 45.2 Å². The number of methoxy groups -OCH3 is 2. The number of benzene rings is 2. The van der Waals surface area contributed by atoms with Crippen molar-refractivity contribution in [1.82, 2.24) is 10.1 Å². The number of aryl methyl sites for hydroxylation is 1. The van der Waals surface area contributed by atoms with Crippen LogP contribution in [0.5, 0.6) is 11.5 Å². The molecule has 0 fully saturated rings. The summed E-state index contributed by atoms with van der Waals surface area (Å²) in [6.07, 6.45) is 1.11. The van der Waals surface area contributed by atoms with Gasteiger partial charge in [-0.2, -0.15) is 9.98 Å². The predicted molar refractivity (Wildman–Crippen MR) is 154 cm³/mol. The van der Waals surface area contributed by atoms with Crippen molar-refractivity contribution >= 4 is 43.3 Å². The van der Waals surface area contributed by atoms with Gasteiger partial charge in [0, 0.05) is 23.6 Å². The predicted octanol–water partition coefficient (Wildman–Crippen LogP) is 6.63. The molecule has 9 nitrogen and oxygen atoms in total. The summed E-state index contributed by atoms with van der Waals surface area (Å²) in [5.41, 5.74) is 3.36. The standard InChI is InChI=1S/C27H33N4O5SSi/c1-16-28-24(31-35-16)17-10-12-18(13-11-17)29-21(25(37-7)30-26(32)34-6)19-14-15-20(27(2,3)4)23(33-5)22(19)36-38(8)9/h10-15H,1-9H3. The second-order valence-electron chi connectivity index (χ2n) is 9.52. The van der Waals surface area contributed by atoms with Gasteiger partial charge in [-0.1, -0.05) is 32.0 Å². The number of ether oxygens (including phenoxy) is 2. The number of thioether (sulfide) groups is 1. The van der Waals surface area contributed by atoms with E-state index in [0.717, 1.165) is 11.1 Å². The number of hydrogen-bond donors (Lipinski definition) is 0. The number of carbonyl (C=O) groups excluding carboxylic acids is 1. The zero-order chi connectivity index (χ0) is 28.0. The summed E-state index contributed by atoms with van der Waals surface area (Å²) in [6.45, 7) is 12.2. The topological polar surface area (TPSA) is 108 Å². The summed E-state index contributed by atoms with van der Waals surface area (Å²) in [5.74, 6) is 2.19. The Bertz CT molecular complexity index is 1340. The van der Waals surface area contributed by atoms with Crippen molar-refractivity contribution in [3.63, 3.8) is 0 Å². The third kappa shape index (κ3) is 6.90. The lowest BCUT2D eigenvalue weighted by Crippen LogP contribution is -2.21. The molecule has 0 saturated carbocycles. The fourth-order valence-corrected chi connectivity index (χ4v) is 4.75. The molecular weight excluding hydrogens is 520 g/mol. The number of aliphatic imine (C=N–C) groups is 2. The third-order valence-electron chi connectivity index (χ3n) is 5.34. The average molecular weight is 554 g/mol. The maximum absolute atomic E-state index is 12.2. The van der Waals surface area contributed by atoms with Gasteiger partial charge in [0.15, 0.2) is 11.5 Å². The number of rotatable bonds is 7. The molecule has 1 amide bonds. The number of amides is 1. The van der Waals surface area contributed by atoms with Gasteiger partial charge in [-0.3, -0.25) is 0 Å². The van der Waals surface area contributed by atoms with E-state index in [1.807, 2.05) is 55.7 Å². The Balaban J connectivity index is 2.27. The minimum atomic E-state index is -1.20. The van der Waals surface area contributed by atoms with Crippen molar-refractivity contribution in [2.24, 2.45) is 9.98 Å². The lowest BCUT2D eigenvalue weighted by Gasteiger charge is -2.26. The van der Waals surface area contributed by atoms with Gasteiger partial charge in [0.1, 0.15) is 10.8 Å². The van der Waals surface area contributed by atoms with Gasteiger partial charge in [0.2, 0.25) is 11.7 Å². The number of hydrogen-bond acceptors (Lipinski definition) is 9. The molecule has 0 bridgehead atoms. The van der Waals surface area contributed by atoms with Crippen LogP contribution in [-0.2, 0) is 10.2 Å². The van der Waals surface area contributed by atoms with Crippen molar-refractivity contribution < 1.29 is 23.2 Å². The van der Waals surface area contributed by atoms with Crippen LogP contribution in [-0.4, -0.2) is 56.5 Å². The van der Waals surface area contributed by atoms with Crippen LogP contribution in [0, 0.1) is 6.92 Å². The summed E-state index contributed by atoms with van der Waals surface area (Å²) in [4.78, 5) is 25.6. The highest BCUT2D eigenvalue weighted by atomic mass is 32.2. The van der Waals surface area contributed by atoms with Gasteiger partial charge in [-0.25, -0.2) is 9.79 Å². The molecule has 0 N–H and O–H groups in total. The lowest BCUT2D eigenvalue weighted by atomic mass is 9.85. The number of carbonyl (C=O) groups is 1. The highest BCUT2D eigenvalue weighted by molar-refractivity contribution is 8.15. The first-order valence-corrected chi connectivity index (χ1v) is 15.5. The monoisotopic (exact) mass is 553 g/mol. The van der Waals surface area contributed by atoms with Crippen LogP contribution >= 0.6 is 11.8 Å². The third-order valence-corrected chi connectivity index (χ3v) is 6.63. The summed E-state index contributed by atoms with van der Waals surface area (Å²) in [6, 6.07) is 11.3. The van der Waals surface area contributed by atoms with Crippen LogP contribution in [0.25, 0.3) is 11.4 Å². The van der Waals surface area contributed by atoms with Crippen molar-refractivity contribution in [3.8, 4) is 22.9 Å². The molecule has 0 aliphatic carbocycles. The second-order valence-corrected chi connectivity index (χ2v) is 12.3. The first-order chi connectivity index (χ1) is 18.0. The van der Waals surface area contributed by atoms with E-state index in [2.05, 4.69) is 35.9 Å². The molecule has 0 aliphatic rings. The Morgan fingerprint density at radius 1 is 1.05 bits per heavy atom. The normalized spacial score (nSPS) is 12.6. The van der Waals surface area contributed by atoms with Gasteiger partial charge >= 0.3 is 6.09 Å². The van der Waals surface area contributed by atoms with Crippen LogP contribution in [0.1, 0.15) is 37.8 Å². The largest absolute Gasteiger partial charge is 0.540 e. The molecule has 1 aromatic heterocycles. The van der Waals surface area contributed by atoms with E-state index in [4.69, 9.17) is 23.4 Å². The lowest BCUT2D eigenvalue weighted by molar-refractivity contribution is 0.183. The molecule has 2 aromatic carbocycles. The van der Waals surface area contributed by atoms with Crippen LogP contribution in [0.15, 0.2) is 50.9 Å². The summed E-state index contributed by atoms with van der Waals surface area (Å²) >= 11 is 1.29. The molecular formula is C27H33N4O5SSi. The van der Waals surface area contributed by atoms with E-state index in [1.165, 1.54) is 18.9 Å². The van der Waals surface area contributed by atoms with Crippen molar-refractivity contribution in [2.75, 3.05) is 20.5 Å². The summed E-state index contributed by atoms with van der Waals surface area (Å²) in [5, 5.41) is 4.35. The highest BCUT2D eigenvalue weighted by Gasteiger charge is 2.28. The first kappa shape index (κ1) is 29.1. The fourth-order valence-electron chi connectivity index (χ4n) is 3.63. The minimum Gasteiger partial charge on any atom is -0.540 e. The zero-order valence-electron chi connectivity index (χ0n) is 23.2. The van der Waals surface area contributed by atoms with E-state index in [-0.39, 0.29) is 5.41 Å². The maximum Gasteiger partial charge on any atom is 0.434 e. The van der Waals surface area contributed by atoms with Crippen LogP contribution < -0.4 is 9.16 Å². The van der Waals surface area contributed by atoms with E-state index >= 15 is 0 Å². The Labute approximate surface area is 229 Å². The summed E-state index contributed by atoms with van der Waals surface area (Å²) in [7, 11) is 1.72. The Morgan fingerprint density at radius 3 is 2.24 bits per heavy atom. The molecule has 11 heteroatoms. The number of aromatic nitrogens is 2. The van der Waals surface area contributed by atoms with Crippen molar-refractivity contribution in [3.05, 3.63) is 53.4 Å². The Hall–Kier alpha value is -3.44. The van der Waals surface area contributed by atoms with Crippen LogP contribution in [0.3, 0.4) is 0 Å². The molecule has 0 atom stereocenters. The molecule has 0 saturated heterocycles. The molecule has 1 radical (unpaired) electrons. The van der Waals surface area contributed by atoms with E-state index in [1.54, 1.807) is 14.0 Å². The molecule has 38 heavy (non-hydrogen) atoms. The average Bonchev–Trinajstić information content (AvgIpc) is 3.31. The van der Waals surface area contributed by atoms with Gasteiger partial charge in [-0.05, 0) is 55.1 Å². The minimum absolute atomic E-state index is 0.195. The Kier molecular flexibility index (Phi) is 9.50. The molecule has 0 unspecified atom stereocenters. The maximum atomic E-state index is 12.2. The van der Waals surface area contributed by atoms with Gasteiger partial charge < -0.3 is 18.4 Å². The zero-order valence-corrected chi connectivity index (χ0v) is 25.0. The summed E-state index contributed by atoms with van der Waals surface area (Å²) < 4.78 is 22.2. The van der Waals surface area contributed by atoms with E-state index in [9.17, 15) is 4.79 Å². The second kappa shape index (κ2) is 12.4. The molecule has 3 aromatic rings. The van der Waals surface area contributed by atoms with Gasteiger partial charge in [0.25, 0.3) is 9.04 Å². The quantitative estimate of drug-likeness (QED) is 0.182. The van der Waals surface area contributed by atoms with Crippen LogP contribution in [0.4, 0.5) is 10.5 Å². The van der Waals surface area contributed by atoms with E-state index < -0.39 is 15.1 Å². The molecule has 3 rings (SSSR count). The van der Waals surface area contributed by atoms with Gasteiger partial charge in [0.05, 0.1) is 19.9 Å². The Morgan fingerprint density at radius 2 is 1.74 bits per heavy atom. The SMILES string of the molecule is COC(=O)N=C(SC)C(=Nc1ccc(-c2noc(C)n2)cc1)c1ccc(C(C)(C)C)c(OC)c1O[Si](C)C. The molecule has 0 spiro atoms. The fraction of sp³-hybridized carbons (Fsp3) is 0.370. The highest BCUT2D eigenvalue weighted by Crippen LogP contribution is 2.42.